The second-order valence-electron chi connectivity index (χ2n) is 4.66. The first-order valence-electron chi connectivity index (χ1n) is 6.36. The lowest BCUT2D eigenvalue weighted by Gasteiger charge is -2.39. The second-order valence-corrected chi connectivity index (χ2v) is 4.66. The molecule has 1 fully saturated rings. The molecule has 0 aromatic heterocycles. The molecule has 1 aliphatic heterocycles. The topological polar surface area (TPSA) is 15.3 Å². The molecule has 0 bridgehead atoms. The third kappa shape index (κ3) is 4.34. The molecule has 1 N–H and O–H groups in total. The maximum Gasteiger partial charge on any atom is 0.0368 e. The number of hydrogen-bond acceptors (Lipinski definition) is 2. The Balaban J connectivity index is 0.00000144. The fraction of sp³-hybridized carbons (Fsp3) is 0.571. The van der Waals surface area contributed by atoms with Gasteiger partial charge < -0.3 is 10.2 Å². The van der Waals surface area contributed by atoms with Gasteiger partial charge in [-0.1, -0.05) is 25.1 Å². The van der Waals surface area contributed by atoms with Crippen LogP contribution in [0.4, 0.5) is 5.69 Å². The van der Waals surface area contributed by atoms with Gasteiger partial charge in [0.15, 0.2) is 0 Å². The van der Waals surface area contributed by atoms with Crippen LogP contribution in [0.1, 0.15) is 26.7 Å². The van der Waals surface area contributed by atoms with Crippen molar-refractivity contribution in [1.29, 1.82) is 0 Å². The smallest absolute Gasteiger partial charge is 0.0368 e. The van der Waals surface area contributed by atoms with Gasteiger partial charge in [-0.15, -0.1) is 24.8 Å². The molecular formula is C14H24Cl2N2. The van der Waals surface area contributed by atoms with Gasteiger partial charge in [0.05, 0.1) is 0 Å². The van der Waals surface area contributed by atoms with Crippen molar-refractivity contribution in [3.8, 4) is 0 Å². The molecular weight excluding hydrogens is 267 g/mol. The van der Waals surface area contributed by atoms with E-state index in [-0.39, 0.29) is 24.8 Å². The van der Waals surface area contributed by atoms with Crippen LogP contribution in [0.2, 0.25) is 0 Å². The van der Waals surface area contributed by atoms with Crippen molar-refractivity contribution >= 4 is 30.5 Å². The number of piperidine rings is 1. The Morgan fingerprint density at radius 1 is 1.22 bits per heavy atom. The fourth-order valence-electron chi connectivity index (χ4n) is 2.65. The van der Waals surface area contributed by atoms with Crippen molar-refractivity contribution in [3.63, 3.8) is 0 Å². The summed E-state index contributed by atoms with van der Waals surface area (Å²) in [6.07, 6.45) is 2.51. The van der Waals surface area contributed by atoms with Crippen LogP contribution in [0.3, 0.4) is 0 Å². The quantitative estimate of drug-likeness (QED) is 0.917. The molecule has 0 saturated carbocycles. The highest BCUT2D eigenvalue weighted by molar-refractivity contribution is 5.85. The monoisotopic (exact) mass is 290 g/mol. The molecule has 1 aromatic rings. The number of nitrogens with one attached hydrogen (secondary N) is 1. The van der Waals surface area contributed by atoms with Gasteiger partial charge in [0.1, 0.15) is 0 Å². The van der Waals surface area contributed by atoms with E-state index in [0.29, 0.717) is 12.1 Å². The minimum Gasteiger partial charge on any atom is -0.369 e. The second kappa shape index (κ2) is 8.63. The van der Waals surface area contributed by atoms with E-state index < -0.39 is 0 Å². The van der Waals surface area contributed by atoms with Gasteiger partial charge in [0.2, 0.25) is 0 Å². The highest BCUT2D eigenvalue weighted by Gasteiger charge is 2.24. The molecule has 2 rings (SSSR count). The van der Waals surface area contributed by atoms with E-state index in [0.717, 1.165) is 6.54 Å². The molecule has 0 radical (unpaired) electrons. The van der Waals surface area contributed by atoms with Crippen molar-refractivity contribution < 1.29 is 0 Å². The summed E-state index contributed by atoms with van der Waals surface area (Å²) in [4.78, 5) is 2.52. The number of rotatable bonds is 3. The molecule has 1 aliphatic rings. The summed E-state index contributed by atoms with van der Waals surface area (Å²) in [6, 6.07) is 12.1. The summed E-state index contributed by atoms with van der Waals surface area (Å²) in [5.74, 6) is 0. The Labute approximate surface area is 123 Å². The third-order valence-electron chi connectivity index (χ3n) is 3.46. The zero-order valence-corrected chi connectivity index (χ0v) is 12.8. The van der Waals surface area contributed by atoms with E-state index in [4.69, 9.17) is 0 Å². The van der Waals surface area contributed by atoms with Crippen molar-refractivity contribution in [2.45, 2.75) is 38.8 Å². The predicted molar refractivity (Wildman–Crippen MR) is 84.4 cm³/mol. The number of nitrogens with zero attached hydrogens (tertiary/aromatic N) is 1. The first-order valence-corrected chi connectivity index (χ1v) is 6.36. The van der Waals surface area contributed by atoms with E-state index >= 15 is 0 Å². The van der Waals surface area contributed by atoms with Crippen LogP contribution in [0.15, 0.2) is 30.3 Å². The lowest BCUT2D eigenvalue weighted by molar-refractivity contribution is 0.374. The number of benzene rings is 1. The van der Waals surface area contributed by atoms with E-state index in [2.05, 4.69) is 54.4 Å². The summed E-state index contributed by atoms with van der Waals surface area (Å²) >= 11 is 0. The molecule has 0 amide bonds. The normalized spacial score (nSPS) is 22.9. The van der Waals surface area contributed by atoms with E-state index in [1.807, 2.05) is 0 Å². The number of para-hydroxylation sites is 1. The van der Waals surface area contributed by atoms with Crippen molar-refractivity contribution in [2.24, 2.45) is 0 Å². The van der Waals surface area contributed by atoms with Crippen LogP contribution in [0.5, 0.6) is 0 Å². The molecule has 1 heterocycles. The summed E-state index contributed by atoms with van der Waals surface area (Å²) in [7, 11) is 0. The Hall–Kier alpha value is -0.440. The molecule has 1 aromatic carbocycles. The lowest BCUT2D eigenvalue weighted by Crippen LogP contribution is -2.47. The van der Waals surface area contributed by atoms with Crippen LogP contribution >= 0.6 is 24.8 Å². The van der Waals surface area contributed by atoms with Crippen molar-refractivity contribution in [1.82, 2.24) is 5.32 Å². The Morgan fingerprint density at radius 2 is 1.89 bits per heavy atom. The van der Waals surface area contributed by atoms with Crippen LogP contribution in [0, 0.1) is 0 Å². The zero-order valence-electron chi connectivity index (χ0n) is 11.1. The minimum absolute atomic E-state index is 0. The maximum atomic E-state index is 3.56. The number of anilines is 1. The van der Waals surface area contributed by atoms with Gasteiger partial charge in [-0.3, -0.25) is 0 Å². The number of halogens is 2. The van der Waals surface area contributed by atoms with Gasteiger partial charge >= 0.3 is 0 Å². The van der Waals surface area contributed by atoms with E-state index in [1.54, 1.807) is 0 Å². The Morgan fingerprint density at radius 3 is 2.44 bits per heavy atom. The Bertz CT molecular complexity index is 319. The van der Waals surface area contributed by atoms with Gasteiger partial charge in [-0.05, 0) is 38.4 Å². The molecule has 1 saturated heterocycles. The largest absolute Gasteiger partial charge is 0.369 e. The van der Waals surface area contributed by atoms with E-state index in [9.17, 15) is 0 Å². The lowest BCUT2D eigenvalue weighted by atomic mass is 9.97. The molecule has 2 atom stereocenters. The van der Waals surface area contributed by atoms with Crippen LogP contribution in [0.25, 0.3) is 0 Å². The average molecular weight is 291 g/mol. The average Bonchev–Trinajstić information content (AvgIpc) is 2.31. The maximum absolute atomic E-state index is 3.56. The summed E-state index contributed by atoms with van der Waals surface area (Å²) in [6.45, 7) is 6.77. The predicted octanol–water partition coefficient (Wildman–Crippen LogP) is 3.50. The standard InChI is InChI=1S/C14H22N2.2ClH/c1-3-15-13-9-10-16(12(2)11-13)14-7-5-4-6-8-14;;/h4-8,12-13,15H,3,9-11H2,1-2H3;2*1H. The summed E-state index contributed by atoms with van der Waals surface area (Å²) < 4.78 is 0. The first kappa shape index (κ1) is 17.6. The molecule has 2 unspecified atom stereocenters. The van der Waals surface area contributed by atoms with Crippen molar-refractivity contribution in [3.05, 3.63) is 30.3 Å². The van der Waals surface area contributed by atoms with Crippen molar-refractivity contribution in [2.75, 3.05) is 18.0 Å². The van der Waals surface area contributed by atoms with Gasteiger partial charge in [-0.2, -0.15) is 0 Å². The van der Waals surface area contributed by atoms with Crippen LogP contribution in [-0.4, -0.2) is 25.2 Å². The molecule has 2 nitrogen and oxygen atoms in total. The number of hydrogen-bond donors (Lipinski definition) is 1. The fourth-order valence-corrected chi connectivity index (χ4v) is 2.65. The molecule has 0 aliphatic carbocycles. The molecule has 0 spiro atoms. The molecule has 4 heteroatoms. The van der Waals surface area contributed by atoms with E-state index in [1.165, 1.54) is 25.1 Å². The minimum atomic E-state index is 0. The molecule has 18 heavy (non-hydrogen) atoms. The first-order chi connectivity index (χ1) is 7.81. The Kier molecular flexibility index (Phi) is 8.41. The molecule has 104 valence electrons. The van der Waals surface area contributed by atoms with Crippen LogP contribution < -0.4 is 10.2 Å². The summed E-state index contributed by atoms with van der Waals surface area (Å²) in [5, 5.41) is 3.56. The summed E-state index contributed by atoms with van der Waals surface area (Å²) in [5.41, 5.74) is 1.37. The highest BCUT2D eigenvalue weighted by atomic mass is 35.5. The van der Waals surface area contributed by atoms with Crippen LogP contribution in [-0.2, 0) is 0 Å². The van der Waals surface area contributed by atoms with Gasteiger partial charge in [0, 0.05) is 24.3 Å². The van der Waals surface area contributed by atoms with Gasteiger partial charge in [-0.25, -0.2) is 0 Å². The van der Waals surface area contributed by atoms with Gasteiger partial charge in [0.25, 0.3) is 0 Å². The third-order valence-corrected chi connectivity index (χ3v) is 3.46. The SMILES string of the molecule is CCNC1CCN(c2ccccc2)C(C)C1.Cl.Cl. The highest BCUT2D eigenvalue weighted by Crippen LogP contribution is 2.24. The zero-order chi connectivity index (χ0) is 11.4.